The van der Waals surface area contributed by atoms with Gasteiger partial charge in [-0.1, -0.05) is 197 Å². The van der Waals surface area contributed by atoms with Crippen LogP contribution in [0.3, 0.4) is 0 Å². The molecule has 0 spiro atoms. The Morgan fingerprint density at radius 2 is 1.05 bits per heavy atom. The van der Waals surface area contributed by atoms with Gasteiger partial charge in [0.1, 0.15) is 6.10 Å². The quantitative estimate of drug-likeness (QED) is 0.0250. The van der Waals surface area contributed by atoms with Crippen molar-refractivity contribution < 1.29 is 24.5 Å². The molecule has 0 rings (SSSR count). The number of amides is 1. The highest BCUT2D eigenvalue weighted by Crippen LogP contribution is 2.17. The Balaban J connectivity index is 4.72. The zero-order chi connectivity index (χ0) is 40.3. The van der Waals surface area contributed by atoms with Crippen LogP contribution >= 0.6 is 0 Å². The van der Waals surface area contributed by atoms with Crippen molar-refractivity contribution in [3.8, 4) is 0 Å². The largest absolute Gasteiger partial charge is 0.462 e. The van der Waals surface area contributed by atoms with Gasteiger partial charge < -0.3 is 20.3 Å². The van der Waals surface area contributed by atoms with Gasteiger partial charge in [-0.2, -0.15) is 0 Å². The molecule has 3 atom stereocenters. The zero-order valence-corrected chi connectivity index (χ0v) is 36.0. The van der Waals surface area contributed by atoms with Gasteiger partial charge >= 0.3 is 5.97 Å². The second kappa shape index (κ2) is 42.7. The van der Waals surface area contributed by atoms with Gasteiger partial charge in [-0.3, -0.25) is 9.59 Å². The van der Waals surface area contributed by atoms with E-state index in [1.807, 2.05) is 6.08 Å². The fourth-order valence-electron chi connectivity index (χ4n) is 6.66. The van der Waals surface area contributed by atoms with Crippen LogP contribution in [0.4, 0.5) is 0 Å². The molecule has 6 heteroatoms. The van der Waals surface area contributed by atoms with Gasteiger partial charge in [0.25, 0.3) is 0 Å². The van der Waals surface area contributed by atoms with Gasteiger partial charge in [0.15, 0.2) is 0 Å². The van der Waals surface area contributed by atoms with E-state index in [0.29, 0.717) is 19.3 Å². The Bertz CT molecular complexity index is 999. The molecule has 0 aromatic rings. The van der Waals surface area contributed by atoms with Crippen LogP contribution in [0.15, 0.2) is 60.8 Å². The predicted molar refractivity (Wildman–Crippen MR) is 236 cm³/mol. The minimum atomic E-state index is -0.801. The summed E-state index contributed by atoms with van der Waals surface area (Å²) in [6, 6.07) is -0.718. The van der Waals surface area contributed by atoms with Crippen molar-refractivity contribution in [3.05, 3.63) is 60.8 Å². The lowest BCUT2D eigenvalue weighted by molar-refractivity contribution is -0.150. The lowest BCUT2D eigenvalue weighted by Crippen LogP contribution is -2.46. The van der Waals surface area contributed by atoms with Crippen LogP contribution in [0.2, 0.25) is 0 Å². The first-order valence-corrected chi connectivity index (χ1v) is 23.0. The Hall–Kier alpha value is -2.44. The number of ether oxygens (including phenoxy) is 1. The zero-order valence-electron chi connectivity index (χ0n) is 36.0. The first-order chi connectivity index (χ1) is 27.0. The summed E-state index contributed by atoms with van der Waals surface area (Å²) in [5.74, 6) is -0.579. The van der Waals surface area contributed by atoms with Crippen molar-refractivity contribution in [2.24, 2.45) is 0 Å². The van der Waals surface area contributed by atoms with Crippen molar-refractivity contribution in [2.45, 2.75) is 232 Å². The molecule has 0 bridgehead atoms. The number of allylic oxidation sites excluding steroid dienone is 10. The summed E-state index contributed by atoms with van der Waals surface area (Å²) in [6.07, 6.45) is 51.4. The maximum absolute atomic E-state index is 13.1. The average Bonchev–Trinajstić information content (AvgIpc) is 3.18. The lowest BCUT2D eigenvalue weighted by atomic mass is 10.0. The highest BCUT2D eigenvalue weighted by Gasteiger charge is 2.24. The summed E-state index contributed by atoms with van der Waals surface area (Å²) in [5.41, 5.74) is 0. The van der Waals surface area contributed by atoms with Crippen LogP contribution in [-0.2, 0) is 14.3 Å². The van der Waals surface area contributed by atoms with Crippen LogP contribution in [0.25, 0.3) is 0 Å². The Morgan fingerprint density at radius 1 is 0.564 bits per heavy atom. The molecule has 0 aromatic heterocycles. The Morgan fingerprint density at radius 3 is 1.62 bits per heavy atom. The molecule has 0 saturated heterocycles. The third kappa shape index (κ3) is 38.2. The molecule has 0 heterocycles. The number of nitrogens with one attached hydrogen (secondary N) is 1. The number of hydrogen-bond donors (Lipinski definition) is 3. The summed E-state index contributed by atoms with van der Waals surface area (Å²) in [7, 11) is 0. The molecule has 6 nitrogen and oxygen atoms in total. The van der Waals surface area contributed by atoms with E-state index >= 15 is 0 Å². The fourth-order valence-corrected chi connectivity index (χ4v) is 6.66. The van der Waals surface area contributed by atoms with Crippen LogP contribution in [0, 0.1) is 0 Å². The molecule has 0 aliphatic heterocycles. The van der Waals surface area contributed by atoms with E-state index in [2.05, 4.69) is 80.8 Å². The van der Waals surface area contributed by atoms with Crippen molar-refractivity contribution in [1.82, 2.24) is 5.32 Å². The van der Waals surface area contributed by atoms with E-state index < -0.39 is 18.2 Å². The van der Waals surface area contributed by atoms with Crippen LogP contribution in [0.1, 0.15) is 213 Å². The topological polar surface area (TPSA) is 95.9 Å². The van der Waals surface area contributed by atoms with Gasteiger partial charge in [-0.25, -0.2) is 0 Å². The van der Waals surface area contributed by atoms with Crippen LogP contribution < -0.4 is 5.32 Å². The lowest BCUT2D eigenvalue weighted by Gasteiger charge is -2.24. The average molecular weight is 770 g/mol. The van der Waals surface area contributed by atoms with Crippen molar-refractivity contribution in [1.29, 1.82) is 0 Å². The molecule has 0 aromatic carbocycles. The number of rotatable bonds is 40. The smallest absolute Gasteiger partial charge is 0.306 e. The van der Waals surface area contributed by atoms with E-state index in [0.717, 1.165) is 77.0 Å². The summed E-state index contributed by atoms with van der Waals surface area (Å²) < 4.78 is 5.86. The normalized spacial score (nSPS) is 13.9. The summed E-state index contributed by atoms with van der Waals surface area (Å²) in [5, 5.41) is 23.6. The van der Waals surface area contributed by atoms with Crippen molar-refractivity contribution in [3.63, 3.8) is 0 Å². The molecular formula is C49H87NO5. The second-order valence-electron chi connectivity index (χ2n) is 15.5. The highest BCUT2D eigenvalue weighted by atomic mass is 16.5. The Labute approximate surface area is 339 Å². The fraction of sp³-hybridized carbons (Fsp3) is 0.755. The molecule has 55 heavy (non-hydrogen) atoms. The van der Waals surface area contributed by atoms with Gasteiger partial charge in [0.2, 0.25) is 5.91 Å². The van der Waals surface area contributed by atoms with E-state index in [9.17, 15) is 19.8 Å². The molecule has 0 saturated carbocycles. The molecule has 1 amide bonds. The third-order valence-electron chi connectivity index (χ3n) is 10.2. The van der Waals surface area contributed by atoms with E-state index in [1.54, 1.807) is 0 Å². The number of carbonyl (C=O) groups excluding carboxylic acids is 2. The van der Waals surface area contributed by atoms with Gasteiger partial charge in [-0.15, -0.1) is 0 Å². The van der Waals surface area contributed by atoms with Crippen molar-refractivity contribution >= 4 is 11.9 Å². The summed E-state index contributed by atoms with van der Waals surface area (Å²) in [4.78, 5) is 25.9. The van der Waals surface area contributed by atoms with E-state index in [1.165, 1.54) is 83.5 Å². The van der Waals surface area contributed by atoms with Crippen LogP contribution in [-0.4, -0.2) is 46.9 Å². The minimum absolute atomic E-state index is 0.0399. The number of aliphatic hydroxyl groups excluding tert-OH is 2. The summed E-state index contributed by atoms with van der Waals surface area (Å²) >= 11 is 0. The molecule has 0 fully saturated rings. The molecule has 318 valence electrons. The maximum atomic E-state index is 13.1. The number of unbranched alkanes of at least 4 members (excludes halogenated alkanes) is 20. The molecule has 3 N–H and O–H groups in total. The minimum Gasteiger partial charge on any atom is -0.462 e. The summed E-state index contributed by atoms with van der Waals surface area (Å²) in [6.45, 7) is 6.29. The van der Waals surface area contributed by atoms with Crippen molar-refractivity contribution in [2.75, 3.05) is 6.61 Å². The van der Waals surface area contributed by atoms with E-state index in [-0.39, 0.29) is 31.3 Å². The second-order valence-corrected chi connectivity index (χ2v) is 15.5. The predicted octanol–water partition coefficient (Wildman–Crippen LogP) is 13.3. The monoisotopic (exact) mass is 770 g/mol. The van der Waals surface area contributed by atoms with Gasteiger partial charge in [0.05, 0.1) is 25.2 Å². The number of aliphatic hydroxyl groups is 2. The van der Waals surface area contributed by atoms with Gasteiger partial charge in [-0.05, 0) is 64.2 Å². The molecule has 0 aliphatic carbocycles. The standard InChI is InChI=1S/C49H87NO5/c1-4-7-10-13-16-19-22-24-26-28-31-34-37-40-45(55-49(54)42-39-36-33-30-27-25-23-20-17-14-11-8-5-2)43-48(53)50-46(44-51)47(52)41-38-35-32-29-21-18-15-12-9-6-3/h7,10,13,16,19,22,25,27,33,36,45-47,51-52H,4-6,8-9,11-12,14-15,17-18,20-21,23-24,26,28-32,34-35,37-44H2,1-3H3,(H,50,53)/b10-7+,16-13+,22-19+,27-25-,36-33+. The number of carbonyl (C=O) groups is 2. The first-order valence-electron chi connectivity index (χ1n) is 23.0. The highest BCUT2D eigenvalue weighted by molar-refractivity contribution is 5.77. The molecule has 3 unspecified atom stereocenters. The Kier molecular flexibility index (Phi) is 40.8. The molecule has 0 radical (unpaired) electrons. The van der Waals surface area contributed by atoms with Crippen LogP contribution in [0.5, 0.6) is 0 Å². The molecule has 0 aliphatic rings. The number of esters is 1. The maximum Gasteiger partial charge on any atom is 0.306 e. The molecular weight excluding hydrogens is 683 g/mol. The SMILES string of the molecule is CC/C=C/C=C/C=C/CCCCCCCC(CC(=O)NC(CO)C(O)CCCCCCCCCCCC)OC(=O)CC/C=C/C/C=C\CCCCCCCC. The van der Waals surface area contributed by atoms with E-state index in [4.69, 9.17) is 4.74 Å². The third-order valence-corrected chi connectivity index (χ3v) is 10.2. The first kappa shape index (κ1) is 52.6. The van der Waals surface area contributed by atoms with Gasteiger partial charge in [0, 0.05) is 6.42 Å². The number of hydrogen-bond acceptors (Lipinski definition) is 5.